The third kappa shape index (κ3) is 7.69. The standard InChI is InChI=1S/C31H39Cl2F2N3O/c1-19(32)7-6-8-24(34)27-28(29(39)37-22-12-9-20(10-13-22)15-16-36)38-26(18-30(2,3)4)31(27,5)23-14-11-21(33)17-25(23)35/h6-14,17,24,26-28,38H,15-16,18,36H2,1-5H3,(H,37,39). The van der Waals surface area contributed by atoms with E-state index in [9.17, 15) is 4.79 Å². The smallest absolute Gasteiger partial charge is 0.241 e. The molecule has 8 heteroatoms. The van der Waals surface area contributed by atoms with Crippen LogP contribution < -0.4 is 16.4 Å². The molecule has 0 aliphatic carbocycles. The lowest BCUT2D eigenvalue weighted by Gasteiger charge is -2.40. The van der Waals surface area contributed by atoms with Gasteiger partial charge in [0.25, 0.3) is 0 Å². The molecule has 1 saturated heterocycles. The molecule has 4 nitrogen and oxygen atoms in total. The number of hydrogen-bond acceptors (Lipinski definition) is 3. The molecule has 4 N–H and O–H groups in total. The van der Waals surface area contributed by atoms with Crippen molar-refractivity contribution in [1.29, 1.82) is 0 Å². The van der Waals surface area contributed by atoms with Crippen LogP contribution in [0.25, 0.3) is 0 Å². The highest BCUT2D eigenvalue weighted by Crippen LogP contribution is 2.49. The second kappa shape index (κ2) is 12.9. The van der Waals surface area contributed by atoms with E-state index >= 15 is 8.78 Å². The lowest BCUT2D eigenvalue weighted by molar-refractivity contribution is -0.119. The largest absolute Gasteiger partial charge is 0.330 e. The van der Waals surface area contributed by atoms with E-state index in [1.54, 1.807) is 37.3 Å². The first-order chi connectivity index (χ1) is 18.3. The van der Waals surface area contributed by atoms with Gasteiger partial charge in [0.05, 0.1) is 6.04 Å². The molecule has 0 aromatic heterocycles. The van der Waals surface area contributed by atoms with Crippen molar-refractivity contribution < 1.29 is 13.6 Å². The zero-order valence-electron chi connectivity index (χ0n) is 23.2. The highest BCUT2D eigenvalue weighted by molar-refractivity contribution is 6.30. The van der Waals surface area contributed by atoms with E-state index in [1.807, 2.05) is 19.1 Å². The Bertz CT molecular complexity index is 1210. The number of benzene rings is 2. The van der Waals surface area contributed by atoms with Gasteiger partial charge >= 0.3 is 0 Å². The molecule has 5 unspecified atom stereocenters. The van der Waals surface area contributed by atoms with Crippen molar-refractivity contribution in [3.8, 4) is 0 Å². The summed E-state index contributed by atoms with van der Waals surface area (Å²) < 4.78 is 31.8. The maximum atomic E-state index is 16.3. The molecule has 3 rings (SSSR count). The summed E-state index contributed by atoms with van der Waals surface area (Å²) in [5, 5.41) is 7.10. The fourth-order valence-corrected chi connectivity index (χ4v) is 5.79. The van der Waals surface area contributed by atoms with Gasteiger partial charge in [-0.1, -0.05) is 81.2 Å². The molecule has 1 amide bonds. The van der Waals surface area contributed by atoms with E-state index in [0.29, 0.717) is 29.2 Å². The Labute approximate surface area is 241 Å². The zero-order valence-corrected chi connectivity index (χ0v) is 24.7. The number of rotatable bonds is 9. The summed E-state index contributed by atoms with van der Waals surface area (Å²) in [6.07, 6.45) is 4.22. The third-order valence-electron chi connectivity index (χ3n) is 7.39. The monoisotopic (exact) mass is 577 g/mol. The maximum Gasteiger partial charge on any atom is 0.241 e. The Hall–Kier alpha value is -2.25. The summed E-state index contributed by atoms with van der Waals surface area (Å²) in [7, 11) is 0. The summed E-state index contributed by atoms with van der Waals surface area (Å²) in [5.41, 5.74) is 6.34. The van der Waals surface area contributed by atoms with Gasteiger partial charge in [-0.25, -0.2) is 8.78 Å². The lowest BCUT2D eigenvalue weighted by Crippen LogP contribution is -2.46. The SMILES string of the molecule is CC(Cl)=CC=CC(F)C1C(C(=O)Nc2ccc(CCN)cc2)NC(CC(C)(C)C)C1(C)c1ccc(Cl)cc1F. The minimum Gasteiger partial charge on any atom is -0.330 e. The van der Waals surface area contributed by atoms with Crippen LogP contribution >= 0.6 is 23.2 Å². The highest BCUT2D eigenvalue weighted by Gasteiger charge is 2.58. The van der Waals surface area contributed by atoms with Crippen LogP contribution in [0.1, 0.15) is 52.2 Å². The lowest BCUT2D eigenvalue weighted by atomic mass is 9.63. The van der Waals surface area contributed by atoms with Crippen LogP contribution in [0.3, 0.4) is 0 Å². The van der Waals surface area contributed by atoms with Crippen LogP contribution in [0.5, 0.6) is 0 Å². The van der Waals surface area contributed by atoms with E-state index in [4.69, 9.17) is 28.9 Å². The fourth-order valence-electron chi connectivity index (χ4n) is 5.56. The van der Waals surface area contributed by atoms with Gasteiger partial charge in [-0.2, -0.15) is 0 Å². The predicted octanol–water partition coefficient (Wildman–Crippen LogP) is 7.31. The average molecular weight is 579 g/mol. The van der Waals surface area contributed by atoms with Crippen LogP contribution in [-0.4, -0.2) is 30.7 Å². The number of allylic oxidation sites excluding steroid dienone is 4. The Morgan fingerprint density at radius 1 is 1.23 bits per heavy atom. The van der Waals surface area contributed by atoms with Crippen molar-refractivity contribution >= 4 is 34.8 Å². The molecule has 5 atom stereocenters. The molecule has 1 aliphatic heterocycles. The van der Waals surface area contributed by atoms with E-state index in [0.717, 1.165) is 12.0 Å². The Morgan fingerprint density at radius 2 is 1.90 bits per heavy atom. The van der Waals surface area contributed by atoms with E-state index in [2.05, 4.69) is 31.4 Å². The third-order valence-corrected chi connectivity index (χ3v) is 7.75. The second-order valence-corrected chi connectivity index (χ2v) is 12.7. The molecule has 0 bridgehead atoms. The molecule has 39 heavy (non-hydrogen) atoms. The topological polar surface area (TPSA) is 67.2 Å². The summed E-state index contributed by atoms with van der Waals surface area (Å²) in [4.78, 5) is 13.8. The van der Waals surface area contributed by atoms with Crippen LogP contribution in [-0.2, 0) is 16.6 Å². The molecule has 1 aliphatic rings. The van der Waals surface area contributed by atoms with Crippen molar-refractivity contribution in [3.63, 3.8) is 0 Å². The number of carbonyl (C=O) groups is 1. The van der Waals surface area contributed by atoms with Gasteiger partial charge in [0.15, 0.2) is 0 Å². The fraction of sp³-hybridized carbons (Fsp3) is 0.452. The Kier molecular flexibility index (Phi) is 10.4. The number of halogens is 4. The Morgan fingerprint density at radius 3 is 2.46 bits per heavy atom. The summed E-state index contributed by atoms with van der Waals surface area (Å²) in [5.74, 6) is -1.85. The first-order valence-electron chi connectivity index (χ1n) is 13.2. The van der Waals surface area contributed by atoms with Gasteiger partial charge in [-0.05, 0) is 73.2 Å². The number of carbonyl (C=O) groups excluding carboxylic acids is 1. The van der Waals surface area contributed by atoms with Crippen LogP contribution in [0.15, 0.2) is 65.7 Å². The van der Waals surface area contributed by atoms with Crippen molar-refractivity contribution in [3.05, 3.63) is 87.7 Å². The molecule has 2 aromatic carbocycles. The molecule has 0 radical (unpaired) electrons. The average Bonchev–Trinajstić information content (AvgIpc) is 3.11. The first-order valence-corrected chi connectivity index (χ1v) is 14.0. The van der Waals surface area contributed by atoms with E-state index in [1.165, 1.54) is 18.2 Å². The number of nitrogens with two attached hydrogens (primary N) is 1. The zero-order chi connectivity index (χ0) is 29.0. The number of nitrogens with one attached hydrogen (secondary N) is 2. The molecule has 1 fully saturated rings. The number of hydrogen-bond donors (Lipinski definition) is 3. The molecule has 1 heterocycles. The first kappa shape index (κ1) is 31.3. The van der Waals surface area contributed by atoms with Gasteiger partial charge in [0, 0.05) is 33.1 Å². The van der Waals surface area contributed by atoms with Crippen LogP contribution in [0, 0.1) is 17.2 Å². The number of alkyl halides is 1. The molecule has 0 spiro atoms. The molecule has 212 valence electrons. The van der Waals surface area contributed by atoms with Gasteiger partial charge in [-0.3, -0.25) is 4.79 Å². The molecule has 0 saturated carbocycles. The van der Waals surface area contributed by atoms with Crippen LogP contribution in [0.4, 0.5) is 14.5 Å². The van der Waals surface area contributed by atoms with Gasteiger partial charge < -0.3 is 16.4 Å². The normalized spacial score (nSPS) is 24.8. The summed E-state index contributed by atoms with van der Waals surface area (Å²) in [6, 6.07) is 10.5. The number of amides is 1. The van der Waals surface area contributed by atoms with Crippen LogP contribution in [0.2, 0.25) is 5.02 Å². The van der Waals surface area contributed by atoms with Crippen molar-refractivity contribution in [2.24, 2.45) is 17.1 Å². The molecule has 2 aromatic rings. The predicted molar refractivity (Wildman–Crippen MR) is 159 cm³/mol. The quantitative estimate of drug-likeness (QED) is 0.274. The Balaban J connectivity index is 2.10. The molecular weight excluding hydrogens is 539 g/mol. The minimum atomic E-state index is -1.59. The summed E-state index contributed by atoms with van der Waals surface area (Å²) >= 11 is 12.0. The van der Waals surface area contributed by atoms with E-state index in [-0.39, 0.29) is 16.3 Å². The number of anilines is 1. The van der Waals surface area contributed by atoms with Gasteiger partial charge in [0.1, 0.15) is 12.0 Å². The van der Waals surface area contributed by atoms with Crippen molar-refractivity contribution in [2.45, 2.75) is 71.1 Å². The van der Waals surface area contributed by atoms with E-state index < -0.39 is 35.4 Å². The second-order valence-electron chi connectivity index (χ2n) is 11.7. The van der Waals surface area contributed by atoms with Gasteiger partial charge in [-0.15, -0.1) is 0 Å². The highest BCUT2D eigenvalue weighted by atomic mass is 35.5. The minimum absolute atomic E-state index is 0.184. The maximum absolute atomic E-state index is 16.3. The van der Waals surface area contributed by atoms with Crippen molar-refractivity contribution in [2.75, 3.05) is 11.9 Å². The molecular formula is C31H39Cl2F2N3O. The summed E-state index contributed by atoms with van der Waals surface area (Å²) in [6.45, 7) is 10.3. The van der Waals surface area contributed by atoms with Gasteiger partial charge in [0.2, 0.25) is 5.91 Å². The van der Waals surface area contributed by atoms with Crippen molar-refractivity contribution in [1.82, 2.24) is 5.32 Å².